The Morgan fingerprint density at radius 1 is 0.672 bits per heavy atom. The summed E-state index contributed by atoms with van der Waals surface area (Å²) in [5, 5.41) is 27.8. The van der Waals surface area contributed by atoms with Gasteiger partial charge in [0, 0.05) is 11.1 Å². The highest BCUT2D eigenvalue weighted by molar-refractivity contribution is 5.88. The number of carbonyl (C=O) groups is 1. The summed E-state index contributed by atoms with van der Waals surface area (Å²) < 4.78 is 274. The van der Waals surface area contributed by atoms with E-state index in [-0.39, 0.29) is 24.0 Å². The van der Waals surface area contributed by atoms with Crippen LogP contribution < -0.4 is 4.74 Å². The third-order valence-corrected chi connectivity index (χ3v) is 8.90. The van der Waals surface area contributed by atoms with Crippen LogP contribution in [-0.2, 0) is 20.7 Å². The van der Waals surface area contributed by atoms with Gasteiger partial charge in [-0.05, 0) is 61.6 Å². The summed E-state index contributed by atoms with van der Waals surface area (Å²) >= 11 is 0. The molecule has 2 fully saturated rings. The summed E-state index contributed by atoms with van der Waals surface area (Å²) in [5.41, 5.74) is -22.8. The topological polar surface area (TPSA) is 96.2 Å². The molecule has 3 N–H and O–H groups in total. The van der Waals surface area contributed by atoms with Crippen molar-refractivity contribution in [2.24, 2.45) is 17.8 Å². The van der Waals surface area contributed by atoms with Gasteiger partial charge in [-0.2, -0.15) is 92.2 Å². The van der Waals surface area contributed by atoms with Crippen molar-refractivity contribution in [2.75, 3.05) is 13.7 Å². The molecule has 0 radical (unpaired) electrons. The molecule has 3 unspecified atom stereocenters. The molecule has 2 bridgehead atoms. The van der Waals surface area contributed by atoms with E-state index in [0.29, 0.717) is 19.3 Å². The lowest BCUT2D eigenvalue weighted by Crippen LogP contribution is -2.58. The van der Waals surface area contributed by atoms with E-state index >= 15 is 0 Å². The van der Waals surface area contributed by atoms with Crippen molar-refractivity contribution in [3.63, 3.8) is 0 Å². The van der Waals surface area contributed by atoms with Crippen molar-refractivity contribution in [1.82, 2.24) is 0 Å². The van der Waals surface area contributed by atoms with E-state index in [0.717, 1.165) is 19.6 Å². The fourth-order valence-electron chi connectivity index (χ4n) is 5.87. The molecule has 6 nitrogen and oxygen atoms in total. The Hall–Kier alpha value is -3.62. The van der Waals surface area contributed by atoms with Crippen molar-refractivity contribution < 1.29 is 122 Å². The van der Waals surface area contributed by atoms with Crippen molar-refractivity contribution in [3.8, 4) is 5.75 Å². The van der Waals surface area contributed by atoms with Crippen molar-refractivity contribution in [2.45, 2.75) is 92.1 Å². The fraction of sp³-hybridized carbons (Fsp3) is 0.645. The molecule has 58 heavy (non-hydrogen) atoms. The average molecular weight is 897 g/mol. The van der Waals surface area contributed by atoms with Gasteiger partial charge in [-0.15, -0.1) is 0 Å². The monoisotopic (exact) mass is 896 g/mol. The SMILES string of the molecule is C=C(C(=O)OC)C(F)(F)F.C=CCOc1cc(C(O)(C(F)(F)F)C(F)(F)F)cc(C(O)(C(F)(F)F)C(F)(F)F)c1.OC(CC1CC2CCC1C2)(C(F)(F)F)C(F)(F)F. The minimum atomic E-state index is -6.63. The summed E-state index contributed by atoms with van der Waals surface area (Å²) in [6.45, 7) is 4.76. The Kier molecular flexibility index (Phi) is 15.5. The van der Waals surface area contributed by atoms with Crippen LogP contribution in [0.1, 0.15) is 43.2 Å². The Bertz CT molecular complexity index is 1480. The van der Waals surface area contributed by atoms with Crippen LogP contribution in [-0.4, -0.2) is 83.8 Å². The Morgan fingerprint density at radius 3 is 1.31 bits per heavy atom. The number of hydrogen-bond donors (Lipinski definition) is 3. The quantitative estimate of drug-likeness (QED) is 0.104. The van der Waals surface area contributed by atoms with Crippen molar-refractivity contribution in [1.29, 1.82) is 0 Å². The molecule has 0 amide bonds. The number of carbonyl (C=O) groups excluding carboxylic acids is 1. The number of methoxy groups -OCH3 is 1. The molecular formula is C31H29F21O6. The third kappa shape index (κ3) is 10.9. The molecule has 1 aromatic rings. The van der Waals surface area contributed by atoms with E-state index in [1.807, 2.05) is 0 Å². The molecule has 2 aliphatic rings. The van der Waals surface area contributed by atoms with Crippen LogP contribution in [0, 0.1) is 17.8 Å². The Labute approximate surface area is 311 Å². The summed E-state index contributed by atoms with van der Waals surface area (Å²) in [5.74, 6) is -3.34. The van der Waals surface area contributed by atoms with Crippen molar-refractivity contribution in [3.05, 3.63) is 54.1 Å². The second-order valence-electron chi connectivity index (χ2n) is 12.7. The number of alkyl halides is 21. The second kappa shape index (κ2) is 17.2. The van der Waals surface area contributed by atoms with Crippen LogP contribution in [0.5, 0.6) is 5.75 Å². The predicted molar refractivity (Wildman–Crippen MR) is 152 cm³/mol. The lowest BCUT2D eigenvalue weighted by Gasteiger charge is -2.36. The molecule has 3 atom stereocenters. The molecule has 3 rings (SSSR count). The number of hydrogen-bond acceptors (Lipinski definition) is 6. The van der Waals surface area contributed by atoms with E-state index in [2.05, 4.69) is 22.6 Å². The van der Waals surface area contributed by atoms with Gasteiger partial charge in [-0.25, -0.2) is 4.79 Å². The molecular weight excluding hydrogens is 867 g/mol. The molecule has 0 saturated heterocycles. The lowest BCUT2D eigenvalue weighted by atomic mass is 9.79. The van der Waals surface area contributed by atoms with E-state index in [1.54, 1.807) is 0 Å². The van der Waals surface area contributed by atoms with Gasteiger partial charge in [0.1, 0.15) is 17.9 Å². The molecule has 0 heterocycles. The number of rotatable bonds is 8. The van der Waals surface area contributed by atoms with Crippen molar-refractivity contribution >= 4 is 5.97 Å². The average Bonchev–Trinajstić information content (AvgIpc) is 3.66. The highest BCUT2D eigenvalue weighted by Crippen LogP contribution is 2.56. The van der Waals surface area contributed by atoms with Crippen LogP contribution >= 0.6 is 0 Å². The maximum absolute atomic E-state index is 13.0. The number of halogens is 21. The zero-order valence-corrected chi connectivity index (χ0v) is 28.7. The number of ether oxygens (including phenoxy) is 2. The number of esters is 1. The summed E-state index contributed by atoms with van der Waals surface area (Å²) in [6, 6.07) is -1.43. The minimum absolute atomic E-state index is 0.0915. The first kappa shape index (κ1) is 52.4. The molecule has 336 valence electrons. The minimum Gasteiger partial charge on any atom is -0.490 e. The van der Waals surface area contributed by atoms with E-state index < -0.39 is 113 Å². The van der Waals surface area contributed by atoms with Gasteiger partial charge in [0.15, 0.2) is 0 Å². The number of aliphatic hydroxyl groups is 3. The first-order valence-corrected chi connectivity index (χ1v) is 15.4. The summed E-state index contributed by atoms with van der Waals surface area (Å²) in [7, 11) is 0.860. The number of benzene rings is 1. The zero-order valence-electron chi connectivity index (χ0n) is 28.7. The largest absolute Gasteiger partial charge is 0.490 e. The highest BCUT2D eigenvalue weighted by atomic mass is 19.4. The molecule has 0 aromatic heterocycles. The van der Waals surface area contributed by atoms with Gasteiger partial charge in [0.2, 0.25) is 0 Å². The Morgan fingerprint density at radius 2 is 1.07 bits per heavy atom. The van der Waals surface area contributed by atoms with E-state index in [4.69, 9.17) is 5.11 Å². The van der Waals surface area contributed by atoms with Gasteiger partial charge in [0.25, 0.3) is 16.8 Å². The highest BCUT2D eigenvalue weighted by Gasteiger charge is 2.74. The molecule has 0 aliphatic heterocycles. The summed E-state index contributed by atoms with van der Waals surface area (Å²) in [4.78, 5) is 10.1. The number of fused-ring (bicyclic) bond motifs is 2. The smallest absolute Gasteiger partial charge is 0.430 e. The normalized spacial score (nSPS) is 19.7. The lowest BCUT2D eigenvalue weighted by molar-refractivity contribution is -0.378. The van der Waals surface area contributed by atoms with Crippen LogP contribution in [0.15, 0.2) is 43.0 Å². The standard InChI is InChI=1S/C15H10F12O3.C11H14F6O.C5H5F3O2/c1-2-3-30-9-5-7(10(28,12(16,17)18)13(19,20)21)4-8(6-9)11(29,14(22,23)24)15(25,26)27;12-10(13,14)9(18,11(15,16)17)5-8-4-6-1-2-7(8)3-6;1-3(4(9)10-2)5(6,7)8/h2,4-6,28-29H,1,3H2;6-8,18H,1-5H2;1H2,2H3. The fourth-order valence-corrected chi connectivity index (χ4v) is 5.87. The first-order valence-electron chi connectivity index (χ1n) is 15.4. The molecule has 0 spiro atoms. The third-order valence-electron chi connectivity index (χ3n) is 8.90. The first-order chi connectivity index (χ1) is 25.6. The molecule has 2 aliphatic carbocycles. The molecule has 27 heteroatoms. The van der Waals surface area contributed by atoms with Crippen LogP contribution in [0.2, 0.25) is 0 Å². The van der Waals surface area contributed by atoms with Crippen LogP contribution in [0.3, 0.4) is 0 Å². The van der Waals surface area contributed by atoms with Crippen LogP contribution in [0.25, 0.3) is 0 Å². The van der Waals surface area contributed by atoms with E-state index in [1.165, 1.54) is 0 Å². The molecule has 1 aromatic carbocycles. The van der Waals surface area contributed by atoms with E-state index in [9.17, 15) is 107 Å². The van der Waals surface area contributed by atoms with Gasteiger partial charge in [0.05, 0.1) is 7.11 Å². The van der Waals surface area contributed by atoms with Gasteiger partial charge < -0.3 is 24.8 Å². The maximum atomic E-state index is 13.0. The maximum Gasteiger partial charge on any atom is 0.430 e. The Balaban J connectivity index is 0.000000503. The van der Waals surface area contributed by atoms with Crippen LogP contribution in [0.4, 0.5) is 92.2 Å². The molecule has 2 saturated carbocycles. The zero-order chi connectivity index (χ0) is 46.1. The predicted octanol–water partition coefficient (Wildman–Crippen LogP) is 9.82. The second-order valence-corrected chi connectivity index (χ2v) is 12.7. The van der Waals surface area contributed by atoms with Gasteiger partial charge >= 0.3 is 49.2 Å². The van der Waals surface area contributed by atoms with Gasteiger partial charge in [-0.1, -0.05) is 25.7 Å². The van der Waals surface area contributed by atoms with Gasteiger partial charge in [-0.3, -0.25) is 0 Å². The summed E-state index contributed by atoms with van der Waals surface area (Å²) in [6.07, 6.45) is -40.3.